The van der Waals surface area contributed by atoms with Crippen LogP contribution in [0.2, 0.25) is 10.3 Å². The maximum Gasteiger partial charge on any atom is 0.258 e. The monoisotopic (exact) mass is 285 g/mol. The summed E-state index contributed by atoms with van der Waals surface area (Å²) in [6.07, 6.45) is 1.40. The number of aromatic nitrogens is 2. The number of benzene rings is 1. The summed E-state index contributed by atoms with van der Waals surface area (Å²) in [7, 11) is 0. The molecule has 92 valence electrons. The fourth-order valence-electron chi connectivity index (χ4n) is 1.26. The molecule has 4 nitrogen and oxygen atoms in total. The van der Waals surface area contributed by atoms with Crippen molar-refractivity contribution in [1.82, 2.24) is 9.97 Å². The number of halogens is 3. The molecule has 1 aromatic heterocycles. The lowest BCUT2D eigenvalue weighted by Gasteiger charge is -2.05. The zero-order valence-electron chi connectivity index (χ0n) is 8.82. The van der Waals surface area contributed by atoms with Crippen LogP contribution in [-0.2, 0) is 0 Å². The summed E-state index contributed by atoms with van der Waals surface area (Å²) >= 11 is 11.3. The highest BCUT2D eigenvalue weighted by molar-refractivity contribution is 6.34. The van der Waals surface area contributed by atoms with E-state index >= 15 is 0 Å². The second-order valence-corrected chi connectivity index (χ2v) is 4.03. The number of hydrogen-bond acceptors (Lipinski definition) is 3. The van der Waals surface area contributed by atoms with Gasteiger partial charge in [0.15, 0.2) is 0 Å². The molecule has 1 N–H and O–H groups in total. The van der Waals surface area contributed by atoms with Crippen LogP contribution < -0.4 is 5.32 Å². The maximum absolute atomic E-state index is 12.8. The average molecular weight is 286 g/mol. The van der Waals surface area contributed by atoms with Gasteiger partial charge in [-0.25, -0.2) is 14.4 Å². The van der Waals surface area contributed by atoms with Crippen LogP contribution in [0.5, 0.6) is 0 Å². The Labute approximate surface area is 112 Å². The van der Waals surface area contributed by atoms with Gasteiger partial charge in [-0.1, -0.05) is 11.6 Å². The standard InChI is InChI=1S/C11H6Cl2FN3O/c12-8-5-6(14)1-2-7(8)10(18)16-9-3-4-15-11(13)17-9/h1-5H,(H,15,16,17,18). The number of nitrogens with zero attached hydrogens (tertiary/aromatic N) is 2. The minimum Gasteiger partial charge on any atom is -0.306 e. The molecule has 0 aliphatic heterocycles. The van der Waals surface area contributed by atoms with Crippen molar-refractivity contribution >= 4 is 34.9 Å². The maximum atomic E-state index is 12.8. The lowest BCUT2D eigenvalue weighted by molar-refractivity contribution is 0.102. The van der Waals surface area contributed by atoms with Gasteiger partial charge in [0.25, 0.3) is 5.91 Å². The second-order valence-electron chi connectivity index (χ2n) is 3.29. The van der Waals surface area contributed by atoms with Gasteiger partial charge >= 0.3 is 0 Å². The third kappa shape index (κ3) is 2.94. The Kier molecular flexibility index (Phi) is 3.74. The molecule has 0 radical (unpaired) electrons. The Morgan fingerprint density at radius 2 is 2.06 bits per heavy atom. The van der Waals surface area contributed by atoms with E-state index in [9.17, 15) is 9.18 Å². The second kappa shape index (κ2) is 5.29. The number of carbonyl (C=O) groups excluding carboxylic acids is 1. The van der Waals surface area contributed by atoms with Gasteiger partial charge in [0.05, 0.1) is 10.6 Å². The van der Waals surface area contributed by atoms with E-state index in [1.807, 2.05) is 0 Å². The Bertz CT molecular complexity index is 607. The van der Waals surface area contributed by atoms with Gasteiger partial charge < -0.3 is 5.32 Å². The molecular weight excluding hydrogens is 280 g/mol. The molecule has 0 aliphatic carbocycles. The van der Waals surface area contributed by atoms with Crippen LogP contribution in [-0.4, -0.2) is 15.9 Å². The highest BCUT2D eigenvalue weighted by atomic mass is 35.5. The third-order valence-corrected chi connectivity index (χ3v) is 2.54. The van der Waals surface area contributed by atoms with Gasteiger partial charge in [-0.2, -0.15) is 0 Å². The van der Waals surface area contributed by atoms with E-state index in [4.69, 9.17) is 23.2 Å². The van der Waals surface area contributed by atoms with Crippen LogP contribution in [0.15, 0.2) is 30.5 Å². The van der Waals surface area contributed by atoms with Crippen molar-refractivity contribution in [1.29, 1.82) is 0 Å². The van der Waals surface area contributed by atoms with Crippen LogP contribution in [0, 0.1) is 5.82 Å². The molecule has 0 spiro atoms. The van der Waals surface area contributed by atoms with Gasteiger partial charge in [-0.15, -0.1) is 0 Å². The quantitative estimate of drug-likeness (QED) is 0.863. The van der Waals surface area contributed by atoms with Gasteiger partial charge in [-0.3, -0.25) is 4.79 Å². The first-order valence-electron chi connectivity index (χ1n) is 4.81. The minimum atomic E-state index is -0.512. The highest BCUT2D eigenvalue weighted by Crippen LogP contribution is 2.18. The number of amides is 1. The molecule has 0 saturated heterocycles. The summed E-state index contributed by atoms with van der Waals surface area (Å²) < 4.78 is 12.8. The predicted octanol–water partition coefficient (Wildman–Crippen LogP) is 3.17. The topological polar surface area (TPSA) is 54.9 Å². The zero-order valence-corrected chi connectivity index (χ0v) is 10.3. The van der Waals surface area contributed by atoms with Crippen molar-refractivity contribution in [2.75, 3.05) is 5.32 Å². The Morgan fingerprint density at radius 1 is 1.28 bits per heavy atom. The summed E-state index contributed by atoms with van der Waals surface area (Å²) in [5.41, 5.74) is 0.146. The van der Waals surface area contributed by atoms with E-state index in [2.05, 4.69) is 15.3 Å². The summed E-state index contributed by atoms with van der Waals surface area (Å²) in [6.45, 7) is 0. The molecule has 0 bridgehead atoms. The SMILES string of the molecule is O=C(Nc1ccnc(Cl)n1)c1ccc(F)cc1Cl. The van der Waals surface area contributed by atoms with Crippen molar-refractivity contribution in [3.05, 3.63) is 52.1 Å². The van der Waals surface area contributed by atoms with Crippen LogP contribution in [0.4, 0.5) is 10.2 Å². The number of carbonyl (C=O) groups is 1. The van der Waals surface area contributed by atoms with Gasteiger partial charge in [0.2, 0.25) is 5.28 Å². The molecule has 7 heteroatoms. The van der Waals surface area contributed by atoms with E-state index in [1.165, 1.54) is 18.3 Å². The molecular formula is C11H6Cl2FN3O. The Hall–Kier alpha value is -1.72. The van der Waals surface area contributed by atoms with Gasteiger partial charge in [-0.05, 0) is 35.9 Å². The van der Waals surface area contributed by atoms with Crippen molar-refractivity contribution in [2.45, 2.75) is 0 Å². The van der Waals surface area contributed by atoms with Crippen LogP contribution in [0.1, 0.15) is 10.4 Å². The normalized spacial score (nSPS) is 10.2. The fourth-order valence-corrected chi connectivity index (χ4v) is 1.66. The number of nitrogens with one attached hydrogen (secondary N) is 1. The first kappa shape index (κ1) is 12.7. The highest BCUT2D eigenvalue weighted by Gasteiger charge is 2.12. The molecule has 2 aromatic rings. The Morgan fingerprint density at radius 3 is 2.72 bits per heavy atom. The largest absolute Gasteiger partial charge is 0.306 e. The molecule has 18 heavy (non-hydrogen) atoms. The van der Waals surface area contributed by atoms with Gasteiger partial charge in [0.1, 0.15) is 11.6 Å². The van der Waals surface area contributed by atoms with Crippen molar-refractivity contribution in [3.63, 3.8) is 0 Å². The first-order chi connectivity index (χ1) is 8.56. The fraction of sp³-hybridized carbons (Fsp3) is 0. The summed E-state index contributed by atoms with van der Waals surface area (Å²) in [5.74, 6) is -0.781. The lowest BCUT2D eigenvalue weighted by atomic mass is 10.2. The van der Waals surface area contributed by atoms with Crippen LogP contribution in [0.25, 0.3) is 0 Å². The lowest BCUT2D eigenvalue weighted by Crippen LogP contribution is -2.13. The molecule has 0 atom stereocenters. The van der Waals surface area contributed by atoms with Crippen LogP contribution in [0.3, 0.4) is 0 Å². The minimum absolute atomic E-state index is 0.0120. The molecule has 1 heterocycles. The number of anilines is 1. The molecule has 1 amide bonds. The van der Waals surface area contributed by atoms with E-state index in [0.29, 0.717) is 0 Å². The molecule has 1 aromatic carbocycles. The first-order valence-corrected chi connectivity index (χ1v) is 5.57. The Balaban J connectivity index is 2.22. The summed E-state index contributed by atoms with van der Waals surface area (Å²) in [5, 5.41) is 2.51. The average Bonchev–Trinajstić information content (AvgIpc) is 2.28. The third-order valence-electron chi connectivity index (χ3n) is 2.04. The molecule has 0 unspecified atom stereocenters. The molecule has 0 aliphatic rings. The smallest absolute Gasteiger partial charge is 0.258 e. The predicted molar refractivity (Wildman–Crippen MR) is 66.4 cm³/mol. The van der Waals surface area contributed by atoms with Crippen molar-refractivity contribution < 1.29 is 9.18 Å². The van der Waals surface area contributed by atoms with Crippen molar-refractivity contribution in [2.24, 2.45) is 0 Å². The van der Waals surface area contributed by atoms with Crippen LogP contribution >= 0.6 is 23.2 Å². The number of hydrogen-bond donors (Lipinski definition) is 1. The molecule has 0 saturated carbocycles. The summed E-state index contributed by atoms with van der Waals surface area (Å²) in [4.78, 5) is 19.3. The van der Waals surface area contributed by atoms with E-state index in [-0.39, 0.29) is 21.7 Å². The molecule has 0 fully saturated rings. The van der Waals surface area contributed by atoms with E-state index in [1.54, 1.807) is 0 Å². The van der Waals surface area contributed by atoms with Crippen molar-refractivity contribution in [3.8, 4) is 0 Å². The number of rotatable bonds is 2. The zero-order chi connectivity index (χ0) is 13.1. The molecule has 2 rings (SSSR count). The summed E-state index contributed by atoms with van der Waals surface area (Å²) in [6, 6.07) is 4.97. The van der Waals surface area contributed by atoms with E-state index in [0.717, 1.165) is 12.1 Å². The van der Waals surface area contributed by atoms with Gasteiger partial charge in [0, 0.05) is 6.20 Å². The van der Waals surface area contributed by atoms with E-state index < -0.39 is 11.7 Å².